The van der Waals surface area contributed by atoms with E-state index in [1.807, 2.05) is 0 Å². The van der Waals surface area contributed by atoms with Gasteiger partial charge in [-0.2, -0.15) is 0 Å². The molecule has 3 nitrogen and oxygen atoms in total. The van der Waals surface area contributed by atoms with Crippen LogP contribution in [0.3, 0.4) is 0 Å². The van der Waals surface area contributed by atoms with Crippen molar-refractivity contribution in [2.24, 2.45) is 0 Å². The SMILES string of the molecule is [CH2]CCc1cc(OCCCCCCCCCCCCC)c(OCCCCCCCCCCCCC)c(OCCCCCCCCCCCCC)c1. The standard InChI is InChI=1S/C48H89O3/c1-5-9-12-15-18-21-24-27-30-33-36-40-49-46-43-45(39-8-4)44-47(50-41-37-34-31-28-25-22-19-16-13-10-6-2)48(46)51-42-38-35-32-29-26-23-20-17-14-11-7-3/h43-44H,4-42H2,1-3H3. The van der Waals surface area contributed by atoms with Gasteiger partial charge in [0.05, 0.1) is 19.8 Å². The van der Waals surface area contributed by atoms with Crippen LogP contribution in [-0.4, -0.2) is 19.8 Å². The Morgan fingerprint density at radius 2 is 0.608 bits per heavy atom. The Labute approximate surface area is 320 Å². The van der Waals surface area contributed by atoms with Gasteiger partial charge in [0.25, 0.3) is 0 Å². The number of hydrogen-bond donors (Lipinski definition) is 0. The normalized spacial score (nSPS) is 11.4. The highest BCUT2D eigenvalue weighted by molar-refractivity contribution is 5.54. The molecular formula is C48H89O3. The van der Waals surface area contributed by atoms with Gasteiger partial charge in [-0.25, -0.2) is 0 Å². The minimum absolute atomic E-state index is 0.731. The lowest BCUT2D eigenvalue weighted by atomic mass is 10.1. The van der Waals surface area contributed by atoms with Crippen molar-refractivity contribution in [1.82, 2.24) is 0 Å². The highest BCUT2D eigenvalue weighted by atomic mass is 16.5. The average Bonchev–Trinajstić information content (AvgIpc) is 3.13. The summed E-state index contributed by atoms with van der Waals surface area (Å²) in [6.07, 6.45) is 46.2. The summed E-state index contributed by atoms with van der Waals surface area (Å²) in [6.45, 7) is 13.2. The lowest BCUT2D eigenvalue weighted by Crippen LogP contribution is -2.07. The van der Waals surface area contributed by atoms with Gasteiger partial charge in [0.2, 0.25) is 5.75 Å². The molecule has 1 radical (unpaired) electrons. The van der Waals surface area contributed by atoms with Gasteiger partial charge >= 0.3 is 0 Å². The number of hydrogen-bond acceptors (Lipinski definition) is 3. The van der Waals surface area contributed by atoms with Crippen LogP contribution in [0.2, 0.25) is 0 Å². The van der Waals surface area contributed by atoms with E-state index in [1.54, 1.807) is 0 Å². The summed E-state index contributed by atoms with van der Waals surface area (Å²) in [7, 11) is 0. The van der Waals surface area contributed by atoms with E-state index in [0.29, 0.717) is 0 Å². The largest absolute Gasteiger partial charge is 0.490 e. The summed E-state index contributed by atoms with van der Waals surface area (Å²) in [5, 5.41) is 0. The molecular weight excluding hydrogens is 625 g/mol. The molecule has 0 aliphatic rings. The highest BCUT2D eigenvalue weighted by Gasteiger charge is 2.16. The third kappa shape index (κ3) is 29.7. The second kappa shape index (κ2) is 38.3. The van der Waals surface area contributed by atoms with E-state index in [9.17, 15) is 0 Å². The number of aryl methyl sites for hydroxylation is 1. The van der Waals surface area contributed by atoms with E-state index in [0.717, 1.165) is 69.2 Å². The van der Waals surface area contributed by atoms with E-state index < -0.39 is 0 Å². The van der Waals surface area contributed by atoms with Crippen LogP contribution >= 0.6 is 0 Å². The fourth-order valence-electron chi connectivity index (χ4n) is 7.17. The molecule has 299 valence electrons. The fourth-order valence-corrected chi connectivity index (χ4v) is 7.17. The molecule has 0 aliphatic carbocycles. The van der Waals surface area contributed by atoms with Crippen molar-refractivity contribution >= 4 is 0 Å². The monoisotopic (exact) mass is 714 g/mol. The van der Waals surface area contributed by atoms with Gasteiger partial charge in [0.1, 0.15) is 0 Å². The van der Waals surface area contributed by atoms with Gasteiger partial charge in [-0.3, -0.25) is 0 Å². The predicted molar refractivity (Wildman–Crippen MR) is 226 cm³/mol. The summed E-state index contributed by atoms with van der Waals surface area (Å²) in [4.78, 5) is 0. The third-order valence-corrected chi connectivity index (χ3v) is 10.6. The lowest BCUT2D eigenvalue weighted by Gasteiger charge is -2.19. The molecule has 0 amide bonds. The minimum Gasteiger partial charge on any atom is -0.490 e. The van der Waals surface area contributed by atoms with Gasteiger partial charge in [0, 0.05) is 0 Å². The Hall–Kier alpha value is -1.38. The zero-order valence-electron chi connectivity index (χ0n) is 35.0. The molecule has 51 heavy (non-hydrogen) atoms. The topological polar surface area (TPSA) is 27.7 Å². The van der Waals surface area contributed by atoms with E-state index >= 15 is 0 Å². The van der Waals surface area contributed by atoms with Crippen LogP contribution < -0.4 is 14.2 Å². The highest BCUT2D eigenvalue weighted by Crippen LogP contribution is 2.40. The average molecular weight is 714 g/mol. The first kappa shape index (κ1) is 47.6. The summed E-state index contributed by atoms with van der Waals surface area (Å²) >= 11 is 0. The Morgan fingerprint density at radius 1 is 0.353 bits per heavy atom. The Balaban J connectivity index is 2.56. The van der Waals surface area contributed by atoms with Crippen LogP contribution in [0.1, 0.15) is 245 Å². The molecule has 0 heterocycles. The smallest absolute Gasteiger partial charge is 0.203 e. The Kier molecular flexibility index (Phi) is 35.8. The summed E-state index contributed by atoms with van der Waals surface area (Å²) in [5.74, 6) is 2.59. The van der Waals surface area contributed by atoms with Crippen LogP contribution in [0, 0.1) is 6.92 Å². The zero-order valence-corrected chi connectivity index (χ0v) is 35.0. The van der Waals surface area contributed by atoms with E-state index in [4.69, 9.17) is 14.2 Å². The summed E-state index contributed by atoms with van der Waals surface area (Å²) < 4.78 is 19.5. The third-order valence-electron chi connectivity index (χ3n) is 10.6. The van der Waals surface area contributed by atoms with Crippen LogP contribution in [0.5, 0.6) is 17.2 Å². The molecule has 0 bridgehead atoms. The van der Waals surface area contributed by atoms with Crippen molar-refractivity contribution in [3.05, 3.63) is 24.6 Å². The van der Waals surface area contributed by atoms with Crippen LogP contribution in [-0.2, 0) is 6.42 Å². The number of benzene rings is 1. The maximum Gasteiger partial charge on any atom is 0.203 e. The summed E-state index contributed by atoms with van der Waals surface area (Å²) in [6, 6.07) is 4.41. The molecule has 1 rings (SSSR count). The van der Waals surface area contributed by atoms with Gasteiger partial charge in [0.15, 0.2) is 11.5 Å². The summed E-state index contributed by atoms with van der Waals surface area (Å²) in [5.41, 5.74) is 1.25. The van der Waals surface area contributed by atoms with Crippen molar-refractivity contribution in [3.8, 4) is 17.2 Å². The quantitative estimate of drug-likeness (QED) is 0.0632. The van der Waals surface area contributed by atoms with E-state index in [2.05, 4.69) is 39.8 Å². The molecule has 0 spiro atoms. The molecule has 0 unspecified atom stereocenters. The fraction of sp³-hybridized carbons (Fsp3) is 0.854. The van der Waals surface area contributed by atoms with Gasteiger partial charge in [-0.05, 0) is 49.8 Å². The van der Waals surface area contributed by atoms with Crippen molar-refractivity contribution < 1.29 is 14.2 Å². The minimum atomic E-state index is 0.731. The molecule has 0 N–H and O–H groups in total. The number of ether oxygens (including phenoxy) is 3. The van der Waals surface area contributed by atoms with E-state index in [-0.39, 0.29) is 0 Å². The molecule has 1 aromatic carbocycles. The maximum atomic E-state index is 6.53. The first-order valence-corrected chi connectivity index (χ1v) is 23.1. The molecule has 0 atom stereocenters. The van der Waals surface area contributed by atoms with Gasteiger partial charge in [-0.15, -0.1) is 0 Å². The van der Waals surface area contributed by atoms with Crippen molar-refractivity contribution in [2.45, 2.75) is 245 Å². The van der Waals surface area contributed by atoms with Crippen LogP contribution in [0.25, 0.3) is 0 Å². The second-order valence-electron chi connectivity index (χ2n) is 15.7. The number of rotatable bonds is 41. The number of unbranched alkanes of at least 4 members (excludes halogenated alkanes) is 30. The van der Waals surface area contributed by atoms with Gasteiger partial charge < -0.3 is 14.2 Å². The van der Waals surface area contributed by atoms with Crippen LogP contribution in [0.15, 0.2) is 12.1 Å². The molecule has 0 saturated heterocycles. The van der Waals surface area contributed by atoms with Crippen LogP contribution in [0.4, 0.5) is 0 Å². The molecule has 1 aromatic rings. The molecule has 0 aromatic heterocycles. The lowest BCUT2D eigenvalue weighted by molar-refractivity contribution is 0.234. The van der Waals surface area contributed by atoms with Crippen molar-refractivity contribution in [1.29, 1.82) is 0 Å². The first-order chi connectivity index (χ1) is 25.3. The second-order valence-corrected chi connectivity index (χ2v) is 15.7. The van der Waals surface area contributed by atoms with Crippen molar-refractivity contribution in [3.63, 3.8) is 0 Å². The van der Waals surface area contributed by atoms with Gasteiger partial charge in [-0.1, -0.05) is 220 Å². The molecule has 0 aliphatic heterocycles. The maximum absolute atomic E-state index is 6.53. The Bertz CT molecular complexity index is 787. The molecule has 0 saturated carbocycles. The first-order valence-electron chi connectivity index (χ1n) is 23.1. The van der Waals surface area contributed by atoms with E-state index in [1.165, 1.54) is 198 Å². The molecule has 3 heteroatoms. The predicted octanol–water partition coefficient (Wildman–Crippen LogP) is 16.5. The Morgan fingerprint density at radius 3 is 0.882 bits per heavy atom. The van der Waals surface area contributed by atoms with Crippen molar-refractivity contribution in [2.75, 3.05) is 19.8 Å². The molecule has 0 fully saturated rings. The zero-order chi connectivity index (χ0) is 36.7.